The van der Waals surface area contributed by atoms with Crippen molar-refractivity contribution < 1.29 is 9.15 Å². The van der Waals surface area contributed by atoms with Gasteiger partial charge >= 0.3 is 0 Å². The Balaban J connectivity index is 1.57. The summed E-state index contributed by atoms with van der Waals surface area (Å²) < 4.78 is 13.2. The van der Waals surface area contributed by atoms with Gasteiger partial charge in [0.2, 0.25) is 5.88 Å². The zero-order valence-electron chi connectivity index (χ0n) is 18.7. The van der Waals surface area contributed by atoms with Gasteiger partial charge in [0.05, 0.1) is 25.1 Å². The molecule has 7 heteroatoms. The summed E-state index contributed by atoms with van der Waals surface area (Å²) in [7, 11) is 1.61. The first-order valence-electron chi connectivity index (χ1n) is 10.7. The number of pyridine rings is 1. The van der Waals surface area contributed by atoms with E-state index in [0.29, 0.717) is 35.5 Å². The summed E-state index contributed by atoms with van der Waals surface area (Å²) in [5, 5.41) is 0.634. The molecule has 4 rings (SSSR count). The van der Waals surface area contributed by atoms with Gasteiger partial charge in [-0.05, 0) is 49.1 Å². The van der Waals surface area contributed by atoms with E-state index in [1.54, 1.807) is 25.8 Å². The van der Waals surface area contributed by atoms with Crippen LogP contribution in [-0.4, -0.2) is 33.1 Å². The molecule has 0 aliphatic heterocycles. The molecule has 4 aromatic rings. The first-order valence-corrected chi connectivity index (χ1v) is 10.7. The Labute approximate surface area is 187 Å². The highest BCUT2D eigenvalue weighted by molar-refractivity contribution is 5.81. The molecule has 0 amide bonds. The van der Waals surface area contributed by atoms with Crippen molar-refractivity contribution in [3.63, 3.8) is 0 Å². The van der Waals surface area contributed by atoms with E-state index in [9.17, 15) is 4.79 Å². The standard InChI is InChI=1S/C25H28N4O3/c1-18-5-6-22-24(30)21(16-32-25(22)19(18)2)15-29(11-4-10-28-12-9-26-17-28)14-20-7-8-27-23(13-20)31-3/h5-9,12-13,16-17H,4,10-11,14-15H2,1-3H3. The molecule has 166 valence electrons. The SMILES string of the molecule is COc1cc(CN(CCCn2ccnc2)Cc2coc3c(C)c(C)ccc3c2=O)ccn1. The number of aryl methyl sites for hydroxylation is 3. The molecule has 0 aliphatic rings. The number of hydrogen-bond donors (Lipinski definition) is 0. The van der Waals surface area contributed by atoms with Crippen molar-refractivity contribution in [3.05, 3.63) is 87.9 Å². The van der Waals surface area contributed by atoms with Crippen molar-refractivity contribution >= 4 is 11.0 Å². The Kier molecular flexibility index (Phi) is 6.66. The summed E-state index contributed by atoms with van der Waals surface area (Å²) in [4.78, 5) is 23.8. The van der Waals surface area contributed by atoms with E-state index in [1.165, 1.54) is 0 Å². The molecule has 0 saturated carbocycles. The van der Waals surface area contributed by atoms with Crippen molar-refractivity contribution in [3.8, 4) is 5.88 Å². The fourth-order valence-corrected chi connectivity index (χ4v) is 3.86. The number of rotatable bonds is 9. The van der Waals surface area contributed by atoms with Crippen LogP contribution in [0.2, 0.25) is 0 Å². The van der Waals surface area contributed by atoms with Crippen LogP contribution in [0.1, 0.15) is 28.7 Å². The smallest absolute Gasteiger partial charge is 0.213 e. The summed E-state index contributed by atoms with van der Waals surface area (Å²) in [5.41, 5.74) is 4.56. The van der Waals surface area contributed by atoms with Crippen LogP contribution in [0.3, 0.4) is 0 Å². The third-order valence-electron chi connectivity index (χ3n) is 5.79. The molecule has 0 atom stereocenters. The average molecular weight is 433 g/mol. The van der Waals surface area contributed by atoms with Gasteiger partial charge in [-0.15, -0.1) is 0 Å². The number of fused-ring (bicyclic) bond motifs is 1. The van der Waals surface area contributed by atoms with E-state index in [4.69, 9.17) is 9.15 Å². The van der Waals surface area contributed by atoms with Gasteiger partial charge < -0.3 is 13.7 Å². The molecule has 32 heavy (non-hydrogen) atoms. The molecule has 0 unspecified atom stereocenters. The highest BCUT2D eigenvalue weighted by Crippen LogP contribution is 2.20. The van der Waals surface area contributed by atoms with Crippen LogP contribution >= 0.6 is 0 Å². The lowest BCUT2D eigenvalue weighted by Gasteiger charge is -2.22. The molecule has 0 N–H and O–H groups in total. The van der Waals surface area contributed by atoms with Crippen LogP contribution in [0, 0.1) is 13.8 Å². The van der Waals surface area contributed by atoms with E-state index in [-0.39, 0.29) is 5.43 Å². The molecule has 1 aromatic carbocycles. The Morgan fingerprint density at radius 3 is 2.81 bits per heavy atom. The second-order valence-corrected chi connectivity index (χ2v) is 8.05. The molecular weight excluding hydrogens is 404 g/mol. The average Bonchev–Trinajstić information content (AvgIpc) is 3.32. The number of ether oxygens (including phenoxy) is 1. The molecule has 0 saturated heterocycles. The lowest BCUT2D eigenvalue weighted by Crippen LogP contribution is -2.27. The van der Waals surface area contributed by atoms with Gasteiger partial charge in [0.25, 0.3) is 0 Å². The van der Waals surface area contributed by atoms with Crippen LogP contribution in [0.15, 0.2) is 64.7 Å². The first-order chi connectivity index (χ1) is 15.5. The van der Waals surface area contributed by atoms with E-state index in [0.717, 1.165) is 36.2 Å². The summed E-state index contributed by atoms with van der Waals surface area (Å²) >= 11 is 0. The molecular formula is C25H28N4O3. The predicted octanol–water partition coefficient (Wildman–Crippen LogP) is 4.10. The third kappa shape index (κ3) is 4.89. The molecule has 0 spiro atoms. The van der Waals surface area contributed by atoms with Crippen LogP contribution in [0.4, 0.5) is 0 Å². The monoisotopic (exact) mass is 432 g/mol. The summed E-state index contributed by atoms with van der Waals surface area (Å²) in [6, 6.07) is 7.74. The predicted molar refractivity (Wildman–Crippen MR) is 124 cm³/mol. The molecule has 3 heterocycles. The van der Waals surface area contributed by atoms with Gasteiger partial charge in [0.15, 0.2) is 5.43 Å². The fourth-order valence-electron chi connectivity index (χ4n) is 3.86. The topological polar surface area (TPSA) is 73.4 Å². The Bertz CT molecular complexity index is 1250. The maximum Gasteiger partial charge on any atom is 0.213 e. The maximum absolute atomic E-state index is 13.2. The lowest BCUT2D eigenvalue weighted by atomic mass is 10.0. The van der Waals surface area contributed by atoms with Crippen molar-refractivity contribution in [2.75, 3.05) is 13.7 Å². The minimum absolute atomic E-state index is 0.0290. The number of nitrogens with zero attached hydrogens (tertiary/aromatic N) is 4. The number of hydrogen-bond acceptors (Lipinski definition) is 6. The van der Waals surface area contributed by atoms with Crippen molar-refractivity contribution in [1.29, 1.82) is 0 Å². The summed E-state index contributed by atoms with van der Waals surface area (Å²) in [6.45, 7) is 6.86. The van der Waals surface area contributed by atoms with E-state index in [2.05, 4.69) is 19.4 Å². The van der Waals surface area contributed by atoms with Crippen LogP contribution in [0.25, 0.3) is 11.0 Å². The van der Waals surface area contributed by atoms with Crippen molar-refractivity contribution in [2.24, 2.45) is 0 Å². The maximum atomic E-state index is 13.2. The normalized spacial score (nSPS) is 11.4. The van der Waals surface area contributed by atoms with E-state index >= 15 is 0 Å². The molecule has 0 aliphatic carbocycles. The molecule has 7 nitrogen and oxygen atoms in total. The van der Waals surface area contributed by atoms with Gasteiger partial charge in [-0.3, -0.25) is 9.69 Å². The Morgan fingerprint density at radius 2 is 2.03 bits per heavy atom. The van der Waals surface area contributed by atoms with Gasteiger partial charge in [-0.1, -0.05) is 6.07 Å². The Hall–Kier alpha value is -3.45. The molecule has 3 aromatic heterocycles. The van der Waals surface area contributed by atoms with Crippen molar-refractivity contribution in [1.82, 2.24) is 19.4 Å². The summed E-state index contributed by atoms with van der Waals surface area (Å²) in [5.74, 6) is 0.580. The zero-order valence-corrected chi connectivity index (χ0v) is 18.7. The number of benzene rings is 1. The van der Waals surface area contributed by atoms with Crippen molar-refractivity contribution in [2.45, 2.75) is 39.9 Å². The van der Waals surface area contributed by atoms with Crippen LogP contribution in [-0.2, 0) is 19.6 Å². The van der Waals surface area contributed by atoms with Crippen LogP contribution < -0.4 is 10.2 Å². The minimum atomic E-state index is 0.0290. The first kappa shape index (κ1) is 21.8. The highest BCUT2D eigenvalue weighted by atomic mass is 16.5. The molecule has 0 bridgehead atoms. The van der Waals surface area contributed by atoms with E-state index in [1.807, 2.05) is 50.6 Å². The van der Waals surface area contributed by atoms with E-state index < -0.39 is 0 Å². The molecule has 0 radical (unpaired) electrons. The van der Waals surface area contributed by atoms with Gasteiger partial charge in [-0.25, -0.2) is 9.97 Å². The second-order valence-electron chi connectivity index (χ2n) is 8.05. The quantitative estimate of drug-likeness (QED) is 0.396. The van der Waals surface area contributed by atoms with Gasteiger partial charge in [0.1, 0.15) is 5.58 Å². The van der Waals surface area contributed by atoms with Crippen LogP contribution in [0.5, 0.6) is 5.88 Å². The largest absolute Gasteiger partial charge is 0.481 e. The summed E-state index contributed by atoms with van der Waals surface area (Å²) in [6.07, 6.45) is 9.85. The molecule has 0 fully saturated rings. The second kappa shape index (κ2) is 9.78. The Morgan fingerprint density at radius 1 is 1.16 bits per heavy atom. The number of methoxy groups -OCH3 is 1. The minimum Gasteiger partial charge on any atom is -0.481 e. The number of imidazole rings is 1. The lowest BCUT2D eigenvalue weighted by molar-refractivity contribution is 0.245. The van der Waals surface area contributed by atoms with Gasteiger partial charge in [0, 0.05) is 56.4 Å². The highest BCUT2D eigenvalue weighted by Gasteiger charge is 2.15. The fraction of sp³-hybridized carbons (Fsp3) is 0.320. The zero-order chi connectivity index (χ0) is 22.5. The third-order valence-corrected chi connectivity index (χ3v) is 5.79. The van der Waals surface area contributed by atoms with Gasteiger partial charge in [-0.2, -0.15) is 0 Å². The number of aromatic nitrogens is 3.